The van der Waals surface area contributed by atoms with E-state index >= 15 is 0 Å². The molecule has 0 N–H and O–H groups in total. The maximum Gasteiger partial charge on any atom is 0.136 e. The highest BCUT2D eigenvalue weighted by Crippen LogP contribution is 2.60. The zero-order valence-corrected chi connectivity index (χ0v) is 29.6. The minimum absolute atomic E-state index is 0.149. The average molecular weight is 681 g/mol. The molecule has 0 bridgehead atoms. The normalized spacial score (nSPS) is 20.5. The quantitative estimate of drug-likeness (QED) is 0.185. The standard InChI is InChI=1S/C50H36N2O/c1-49-25-15-14-24-48(49)50(2,34-20-10-5-11-21-34)41-31-47-38(28-40(41)49)39-29-45-37(30-46(39)53-47)36-22-12-13-23-44(36)52(45)35-26-42(32-16-6-3-7-17-32)51-43(27-35)33-18-8-4-9-19-33/h3-31,48H,1-2H3. The third-order valence-corrected chi connectivity index (χ3v) is 12.2. The van der Waals surface area contributed by atoms with Gasteiger partial charge in [0.2, 0.25) is 0 Å². The van der Waals surface area contributed by atoms with Crippen molar-refractivity contribution in [3.8, 4) is 28.2 Å². The van der Waals surface area contributed by atoms with E-state index in [0.29, 0.717) is 0 Å². The first-order valence-corrected chi connectivity index (χ1v) is 18.5. The number of benzene rings is 6. The lowest BCUT2D eigenvalue weighted by Gasteiger charge is -2.38. The molecular formula is C50H36N2O. The summed E-state index contributed by atoms with van der Waals surface area (Å²) in [5, 5.41) is 4.64. The van der Waals surface area contributed by atoms with Gasteiger partial charge in [-0.05, 0) is 59.2 Å². The lowest BCUT2D eigenvalue weighted by molar-refractivity contribution is 0.346. The first-order valence-electron chi connectivity index (χ1n) is 18.5. The van der Waals surface area contributed by atoms with Gasteiger partial charge >= 0.3 is 0 Å². The zero-order chi connectivity index (χ0) is 35.3. The molecule has 6 aromatic carbocycles. The molecule has 0 saturated carbocycles. The largest absolute Gasteiger partial charge is 0.456 e. The van der Waals surface area contributed by atoms with Gasteiger partial charge in [-0.3, -0.25) is 0 Å². The van der Waals surface area contributed by atoms with Crippen LogP contribution >= 0.6 is 0 Å². The molecule has 53 heavy (non-hydrogen) atoms. The number of hydrogen-bond donors (Lipinski definition) is 0. The topological polar surface area (TPSA) is 31.0 Å². The van der Waals surface area contributed by atoms with E-state index in [4.69, 9.17) is 9.40 Å². The Balaban J connectivity index is 1.19. The van der Waals surface area contributed by atoms with Crippen molar-refractivity contribution in [1.82, 2.24) is 9.55 Å². The monoisotopic (exact) mass is 680 g/mol. The molecule has 252 valence electrons. The number of hydrogen-bond acceptors (Lipinski definition) is 2. The molecule has 2 aliphatic carbocycles. The van der Waals surface area contributed by atoms with Gasteiger partial charge in [-0.15, -0.1) is 0 Å². The van der Waals surface area contributed by atoms with Gasteiger partial charge in [-0.2, -0.15) is 0 Å². The number of aromatic nitrogens is 2. The number of pyridine rings is 1. The summed E-state index contributed by atoms with van der Waals surface area (Å²) in [7, 11) is 0. The molecule has 2 aliphatic rings. The molecule has 0 spiro atoms. The number of rotatable bonds is 4. The van der Waals surface area contributed by atoms with Crippen LogP contribution in [-0.4, -0.2) is 9.55 Å². The van der Waals surface area contributed by atoms with Crippen molar-refractivity contribution in [2.45, 2.75) is 24.7 Å². The van der Waals surface area contributed by atoms with E-state index < -0.39 is 0 Å². The maximum atomic E-state index is 6.86. The Hall–Kier alpha value is -6.45. The second kappa shape index (κ2) is 11.0. The van der Waals surface area contributed by atoms with Crippen molar-refractivity contribution in [3.05, 3.63) is 193 Å². The molecule has 3 nitrogen and oxygen atoms in total. The smallest absolute Gasteiger partial charge is 0.136 e. The summed E-state index contributed by atoms with van der Waals surface area (Å²) in [5.74, 6) is 0.286. The third-order valence-electron chi connectivity index (χ3n) is 12.2. The Kier molecular flexibility index (Phi) is 6.28. The maximum absolute atomic E-state index is 6.86. The third kappa shape index (κ3) is 4.25. The Labute approximate surface area is 308 Å². The van der Waals surface area contributed by atoms with E-state index in [2.05, 4.69) is 194 Å². The van der Waals surface area contributed by atoms with Gasteiger partial charge in [0, 0.05) is 49.4 Å². The Morgan fingerprint density at radius 3 is 1.89 bits per heavy atom. The van der Waals surface area contributed by atoms with Crippen LogP contribution in [0.5, 0.6) is 0 Å². The summed E-state index contributed by atoms with van der Waals surface area (Å²) in [5.41, 5.74) is 13.0. The summed E-state index contributed by atoms with van der Waals surface area (Å²) in [4.78, 5) is 5.19. The second-order valence-corrected chi connectivity index (χ2v) is 15.1. The predicted molar refractivity (Wildman–Crippen MR) is 219 cm³/mol. The summed E-state index contributed by atoms with van der Waals surface area (Å²) >= 11 is 0. The van der Waals surface area contributed by atoms with Crippen LogP contribution in [0.1, 0.15) is 30.5 Å². The Bertz CT molecular complexity index is 2910. The minimum Gasteiger partial charge on any atom is -0.456 e. The van der Waals surface area contributed by atoms with Crippen LogP contribution < -0.4 is 0 Å². The van der Waals surface area contributed by atoms with Gasteiger partial charge in [0.15, 0.2) is 0 Å². The van der Waals surface area contributed by atoms with Gasteiger partial charge in [-0.25, -0.2) is 4.98 Å². The molecule has 3 aromatic heterocycles. The number of para-hydroxylation sites is 1. The minimum atomic E-state index is -0.203. The van der Waals surface area contributed by atoms with E-state index in [-0.39, 0.29) is 16.7 Å². The van der Waals surface area contributed by atoms with Crippen molar-refractivity contribution in [2.24, 2.45) is 5.92 Å². The van der Waals surface area contributed by atoms with Crippen LogP contribution in [0, 0.1) is 5.92 Å². The van der Waals surface area contributed by atoms with Gasteiger partial charge in [0.25, 0.3) is 0 Å². The summed E-state index contributed by atoms with van der Waals surface area (Å²) in [6.07, 6.45) is 9.27. The SMILES string of the molecule is CC12C=CC=CC1C(C)(c1ccccc1)c1cc3oc4cc5c6ccccc6n(-c6cc(-c7ccccc7)nc(-c7ccccc7)c6)c5cc4c3cc12. The highest BCUT2D eigenvalue weighted by atomic mass is 16.3. The summed E-state index contributed by atoms with van der Waals surface area (Å²) < 4.78 is 9.28. The van der Waals surface area contributed by atoms with Crippen LogP contribution in [0.3, 0.4) is 0 Å². The molecule has 3 heterocycles. The average Bonchev–Trinajstić information content (AvgIpc) is 3.80. The van der Waals surface area contributed by atoms with E-state index in [1.165, 1.54) is 27.5 Å². The van der Waals surface area contributed by atoms with E-state index in [1.54, 1.807) is 0 Å². The number of allylic oxidation sites excluding steroid dienone is 4. The Morgan fingerprint density at radius 1 is 0.547 bits per heavy atom. The molecule has 3 heteroatoms. The second-order valence-electron chi connectivity index (χ2n) is 15.1. The summed E-state index contributed by atoms with van der Waals surface area (Å²) in [6, 6.07) is 54.5. The highest BCUT2D eigenvalue weighted by Gasteiger charge is 2.55. The number of fused-ring (bicyclic) bond motifs is 9. The number of nitrogens with zero attached hydrogens (tertiary/aromatic N) is 2. The van der Waals surface area contributed by atoms with Crippen LogP contribution in [0.25, 0.3) is 71.9 Å². The molecule has 3 unspecified atom stereocenters. The van der Waals surface area contributed by atoms with E-state index in [1.807, 2.05) is 0 Å². The predicted octanol–water partition coefficient (Wildman–Crippen LogP) is 12.7. The van der Waals surface area contributed by atoms with Crippen molar-refractivity contribution in [3.63, 3.8) is 0 Å². The molecular weight excluding hydrogens is 645 g/mol. The fourth-order valence-corrected chi connectivity index (χ4v) is 9.67. The highest BCUT2D eigenvalue weighted by molar-refractivity contribution is 6.17. The lowest BCUT2D eigenvalue weighted by atomic mass is 9.64. The molecule has 9 aromatic rings. The molecule has 11 rings (SSSR count). The van der Waals surface area contributed by atoms with Crippen LogP contribution in [0.15, 0.2) is 180 Å². The molecule has 0 saturated heterocycles. The lowest BCUT2D eigenvalue weighted by Crippen LogP contribution is -2.36. The van der Waals surface area contributed by atoms with Gasteiger partial charge in [-0.1, -0.05) is 147 Å². The van der Waals surface area contributed by atoms with Crippen LogP contribution in [0.4, 0.5) is 0 Å². The van der Waals surface area contributed by atoms with Gasteiger partial charge in [0.1, 0.15) is 11.2 Å². The van der Waals surface area contributed by atoms with Crippen molar-refractivity contribution < 1.29 is 4.42 Å². The van der Waals surface area contributed by atoms with E-state index in [9.17, 15) is 0 Å². The molecule has 0 amide bonds. The first kappa shape index (κ1) is 30.2. The molecule has 0 radical (unpaired) electrons. The van der Waals surface area contributed by atoms with Crippen molar-refractivity contribution >= 4 is 43.7 Å². The molecule has 0 aliphatic heterocycles. The Morgan fingerprint density at radius 2 is 1.17 bits per heavy atom. The fourth-order valence-electron chi connectivity index (χ4n) is 9.67. The number of furan rings is 1. The van der Waals surface area contributed by atoms with Crippen molar-refractivity contribution in [1.29, 1.82) is 0 Å². The van der Waals surface area contributed by atoms with Gasteiger partial charge in [0.05, 0.1) is 28.1 Å². The fraction of sp³-hybridized carbons (Fsp3) is 0.100. The van der Waals surface area contributed by atoms with Gasteiger partial charge < -0.3 is 8.98 Å². The van der Waals surface area contributed by atoms with E-state index in [0.717, 1.165) is 61.2 Å². The van der Waals surface area contributed by atoms with Crippen molar-refractivity contribution in [2.75, 3.05) is 0 Å². The van der Waals surface area contributed by atoms with Crippen LogP contribution in [0.2, 0.25) is 0 Å². The molecule has 3 atom stereocenters. The summed E-state index contributed by atoms with van der Waals surface area (Å²) in [6.45, 7) is 4.83. The van der Waals surface area contributed by atoms with Crippen LogP contribution in [-0.2, 0) is 10.8 Å². The zero-order valence-electron chi connectivity index (χ0n) is 29.6. The molecule has 0 fully saturated rings. The first-order chi connectivity index (χ1) is 26.0.